The van der Waals surface area contributed by atoms with E-state index in [2.05, 4.69) is 5.32 Å². The van der Waals surface area contributed by atoms with Gasteiger partial charge >= 0.3 is 12.1 Å². The number of rotatable bonds is 5. The number of hydrogen-bond acceptors (Lipinski definition) is 5. The van der Waals surface area contributed by atoms with Crippen LogP contribution in [-0.4, -0.2) is 52.9 Å². The molecule has 1 fully saturated rings. The van der Waals surface area contributed by atoms with Crippen molar-refractivity contribution in [2.75, 3.05) is 13.1 Å². The van der Waals surface area contributed by atoms with Crippen LogP contribution in [0.1, 0.15) is 12.0 Å². The summed E-state index contributed by atoms with van der Waals surface area (Å²) in [5, 5.41) is 11.2. The fraction of sp³-hybridized carbons (Fsp3) is 0.333. The van der Waals surface area contributed by atoms with Crippen molar-refractivity contribution in [3.05, 3.63) is 35.9 Å². The molecule has 8 nitrogen and oxygen atoms in total. The van der Waals surface area contributed by atoms with Gasteiger partial charge in [0.15, 0.2) is 5.78 Å². The highest BCUT2D eigenvalue weighted by Crippen LogP contribution is 2.14. The molecule has 1 heterocycles. The average Bonchev–Trinajstić information content (AvgIpc) is 2.94. The Hall–Kier alpha value is -2.90. The third-order valence-electron chi connectivity index (χ3n) is 3.35. The number of carboxylic acids is 1. The molecule has 0 radical (unpaired) electrons. The molecule has 1 aromatic carbocycles. The molecule has 1 aromatic rings. The molecule has 8 heteroatoms. The van der Waals surface area contributed by atoms with Crippen LogP contribution in [-0.2, 0) is 25.7 Å². The summed E-state index contributed by atoms with van der Waals surface area (Å²) in [7, 11) is 0. The van der Waals surface area contributed by atoms with Gasteiger partial charge in [-0.2, -0.15) is 0 Å². The molecule has 23 heavy (non-hydrogen) atoms. The lowest BCUT2D eigenvalue weighted by Gasteiger charge is -2.20. The number of ketones is 1. The van der Waals surface area contributed by atoms with E-state index in [1.807, 2.05) is 6.07 Å². The summed E-state index contributed by atoms with van der Waals surface area (Å²) in [6.07, 6.45) is -1.00. The second kappa shape index (κ2) is 7.39. The van der Waals surface area contributed by atoms with Gasteiger partial charge in [0.1, 0.15) is 19.2 Å². The van der Waals surface area contributed by atoms with Crippen LogP contribution in [0.15, 0.2) is 30.3 Å². The first-order chi connectivity index (χ1) is 11.0. The fourth-order valence-electron chi connectivity index (χ4n) is 2.20. The third kappa shape index (κ3) is 4.53. The number of aliphatic carboxylic acids is 1. The number of amides is 2. The number of alkyl carbamates (subject to hydrolysis) is 1. The molecule has 2 rings (SSSR count). The maximum absolute atomic E-state index is 11.9. The first-order valence-corrected chi connectivity index (χ1v) is 6.96. The molecule has 2 N–H and O–H groups in total. The Morgan fingerprint density at radius 1 is 1.26 bits per heavy atom. The van der Waals surface area contributed by atoms with Crippen LogP contribution in [0, 0.1) is 0 Å². The smallest absolute Gasteiger partial charge is 0.407 e. The van der Waals surface area contributed by atoms with Crippen LogP contribution in [0.2, 0.25) is 0 Å². The summed E-state index contributed by atoms with van der Waals surface area (Å²) in [6, 6.07) is 7.83. The van der Waals surface area contributed by atoms with E-state index in [1.165, 1.54) is 0 Å². The van der Waals surface area contributed by atoms with E-state index in [9.17, 15) is 19.2 Å². The molecule has 1 atom stereocenters. The monoisotopic (exact) mass is 320 g/mol. The molecule has 2 amide bonds. The molecule has 122 valence electrons. The molecule has 1 aliphatic rings. The van der Waals surface area contributed by atoms with E-state index >= 15 is 0 Å². The van der Waals surface area contributed by atoms with Crippen molar-refractivity contribution < 1.29 is 29.0 Å². The predicted molar refractivity (Wildman–Crippen MR) is 77.4 cm³/mol. The molecule has 0 saturated carbocycles. The van der Waals surface area contributed by atoms with Gasteiger partial charge in [-0.1, -0.05) is 30.3 Å². The summed E-state index contributed by atoms with van der Waals surface area (Å²) in [4.78, 5) is 46.7. The van der Waals surface area contributed by atoms with E-state index in [0.29, 0.717) is 0 Å². The lowest BCUT2D eigenvalue weighted by molar-refractivity contribution is -0.147. The maximum atomic E-state index is 11.9. The maximum Gasteiger partial charge on any atom is 0.407 e. The zero-order valence-corrected chi connectivity index (χ0v) is 12.2. The number of ether oxygens (including phenoxy) is 1. The minimum absolute atomic E-state index is 0.0564. The molecular weight excluding hydrogens is 304 g/mol. The van der Waals surface area contributed by atoms with Crippen molar-refractivity contribution >= 4 is 23.8 Å². The van der Waals surface area contributed by atoms with Gasteiger partial charge in [-0.15, -0.1) is 0 Å². The summed E-state index contributed by atoms with van der Waals surface area (Å²) in [5.41, 5.74) is 0.796. The van der Waals surface area contributed by atoms with Crippen LogP contribution in [0.3, 0.4) is 0 Å². The highest BCUT2D eigenvalue weighted by atomic mass is 16.5. The third-order valence-corrected chi connectivity index (χ3v) is 3.35. The van der Waals surface area contributed by atoms with Gasteiger partial charge in [-0.3, -0.25) is 9.59 Å². The van der Waals surface area contributed by atoms with Crippen molar-refractivity contribution in [3.8, 4) is 0 Å². The SMILES string of the molecule is O=C1C[C@@H](C(=O)O)N(C(=O)CNC(=O)OCc2ccccc2)C1. The van der Waals surface area contributed by atoms with Crippen molar-refractivity contribution in [2.24, 2.45) is 0 Å². The fourth-order valence-corrected chi connectivity index (χ4v) is 2.20. The Morgan fingerprint density at radius 2 is 1.96 bits per heavy atom. The first-order valence-electron chi connectivity index (χ1n) is 6.96. The number of carboxylic acid groups (broad SMARTS) is 1. The Kier molecular flexibility index (Phi) is 5.29. The Morgan fingerprint density at radius 3 is 2.61 bits per heavy atom. The lowest BCUT2D eigenvalue weighted by atomic mass is 10.2. The molecular formula is C15H16N2O6. The largest absolute Gasteiger partial charge is 0.480 e. The van der Waals surface area contributed by atoms with Gasteiger partial charge < -0.3 is 20.1 Å². The van der Waals surface area contributed by atoms with Gasteiger partial charge in [0, 0.05) is 6.42 Å². The Bertz CT molecular complexity index is 616. The van der Waals surface area contributed by atoms with E-state index in [0.717, 1.165) is 10.5 Å². The number of nitrogens with one attached hydrogen (secondary N) is 1. The zero-order chi connectivity index (χ0) is 16.8. The minimum Gasteiger partial charge on any atom is -0.480 e. The zero-order valence-electron chi connectivity index (χ0n) is 12.2. The first kappa shape index (κ1) is 16.5. The van der Waals surface area contributed by atoms with Crippen molar-refractivity contribution in [1.82, 2.24) is 10.2 Å². The summed E-state index contributed by atoms with van der Waals surface area (Å²) in [5.74, 6) is -2.20. The number of likely N-dealkylation sites (tertiary alicyclic amines) is 1. The Labute approximate surface area is 132 Å². The predicted octanol–water partition coefficient (Wildman–Crippen LogP) is 0.167. The number of benzene rings is 1. The van der Waals surface area contributed by atoms with Crippen LogP contribution in [0.5, 0.6) is 0 Å². The van der Waals surface area contributed by atoms with Crippen molar-refractivity contribution in [3.63, 3.8) is 0 Å². The summed E-state index contributed by atoms with van der Waals surface area (Å²) >= 11 is 0. The molecule has 1 aliphatic heterocycles. The normalized spacial score (nSPS) is 17.0. The topological polar surface area (TPSA) is 113 Å². The number of carbonyl (C=O) groups excluding carboxylic acids is 3. The second-order valence-corrected chi connectivity index (χ2v) is 5.03. The standard InChI is InChI=1S/C15H16N2O6/c18-11-6-12(14(20)21)17(8-11)13(19)7-16-15(22)23-9-10-4-2-1-3-5-10/h1-5,12H,6-9H2,(H,16,22)(H,20,21)/t12-/m0/s1. The summed E-state index contributed by atoms with van der Waals surface area (Å²) < 4.78 is 4.93. The molecule has 0 unspecified atom stereocenters. The van der Waals surface area contributed by atoms with Crippen LogP contribution in [0.25, 0.3) is 0 Å². The van der Waals surface area contributed by atoms with E-state index in [1.54, 1.807) is 24.3 Å². The lowest BCUT2D eigenvalue weighted by Crippen LogP contribution is -2.45. The van der Waals surface area contributed by atoms with Crippen molar-refractivity contribution in [2.45, 2.75) is 19.1 Å². The molecule has 0 aromatic heterocycles. The molecule has 0 aliphatic carbocycles. The second-order valence-electron chi connectivity index (χ2n) is 5.03. The van der Waals surface area contributed by atoms with Crippen LogP contribution < -0.4 is 5.32 Å². The summed E-state index contributed by atoms with van der Waals surface area (Å²) in [6.45, 7) is -0.623. The highest BCUT2D eigenvalue weighted by molar-refractivity contribution is 5.97. The average molecular weight is 320 g/mol. The number of hydrogen-bond donors (Lipinski definition) is 2. The van der Waals surface area contributed by atoms with Gasteiger partial charge in [-0.25, -0.2) is 9.59 Å². The van der Waals surface area contributed by atoms with E-state index in [4.69, 9.17) is 9.84 Å². The van der Waals surface area contributed by atoms with E-state index < -0.39 is 30.6 Å². The quantitative estimate of drug-likeness (QED) is 0.799. The highest BCUT2D eigenvalue weighted by Gasteiger charge is 2.38. The number of nitrogens with zero attached hydrogens (tertiary/aromatic N) is 1. The molecule has 0 bridgehead atoms. The van der Waals surface area contributed by atoms with Gasteiger partial charge in [-0.05, 0) is 5.56 Å². The molecule has 1 saturated heterocycles. The van der Waals surface area contributed by atoms with Gasteiger partial charge in [0.05, 0.1) is 6.54 Å². The Balaban J connectivity index is 1.78. The van der Waals surface area contributed by atoms with Crippen LogP contribution >= 0.6 is 0 Å². The van der Waals surface area contributed by atoms with Gasteiger partial charge in [0.2, 0.25) is 5.91 Å². The van der Waals surface area contributed by atoms with E-state index in [-0.39, 0.29) is 25.4 Å². The van der Waals surface area contributed by atoms with Crippen LogP contribution in [0.4, 0.5) is 4.79 Å². The number of Topliss-reactive ketones (excluding diaryl/α,β-unsaturated/α-hetero) is 1. The minimum atomic E-state index is -1.24. The van der Waals surface area contributed by atoms with Gasteiger partial charge in [0.25, 0.3) is 0 Å². The number of carbonyl (C=O) groups is 4. The molecule has 0 spiro atoms. The van der Waals surface area contributed by atoms with Crippen molar-refractivity contribution in [1.29, 1.82) is 0 Å².